The molecule has 0 N–H and O–H groups in total. The van der Waals surface area contributed by atoms with Crippen molar-refractivity contribution in [1.82, 2.24) is 0 Å². The van der Waals surface area contributed by atoms with Gasteiger partial charge in [0.25, 0.3) is 0 Å². The molecule has 3 rings (SSSR count). The number of ketones is 2. The third-order valence-corrected chi connectivity index (χ3v) is 5.70. The van der Waals surface area contributed by atoms with Crippen molar-refractivity contribution in [3.05, 3.63) is 108 Å². The third-order valence-electron chi connectivity index (χ3n) is 5.70. The Kier molecular flexibility index (Phi) is 9.59. The maximum atomic E-state index is 14.8. The molecule has 3 aromatic rings. The molecule has 0 aliphatic heterocycles. The smallest absolute Gasteiger partial charge is 0.426 e. The molecule has 0 saturated heterocycles. The van der Waals surface area contributed by atoms with E-state index >= 15 is 0 Å². The van der Waals surface area contributed by atoms with Crippen LogP contribution in [0.4, 0.5) is 17.6 Å². The van der Waals surface area contributed by atoms with Gasteiger partial charge in [-0.3, -0.25) is 9.59 Å². The second kappa shape index (κ2) is 12.7. The number of carbonyl (C=O) groups is 2. The second-order valence-corrected chi connectivity index (χ2v) is 9.20. The maximum Gasteiger partial charge on any atom is 0.426 e. The van der Waals surface area contributed by atoms with Crippen molar-refractivity contribution in [2.75, 3.05) is 13.2 Å². The van der Waals surface area contributed by atoms with Crippen molar-refractivity contribution in [3.63, 3.8) is 0 Å². The highest BCUT2D eigenvalue weighted by Crippen LogP contribution is 2.37. The molecule has 3 aromatic carbocycles. The minimum absolute atomic E-state index is 0.127. The molecule has 0 aromatic heterocycles. The number of hydrogen-bond acceptors (Lipinski definition) is 6. The minimum atomic E-state index is -3.76. The zero-order valence-corrected chi connectivity index (χ0v) is 22.6. The first kappa shape index (κ1) is 30.9. The molecule has 0 amide bonds. The van der Waals surface area contributed by atoms with Crippen LogP contribution in [0.5, 0.6) is 23.0 Å². The summed E-state index contributed by atoms with van der Waals surface area (Å²) in [6, 6.07) is 12.7. The summed E-state index contributed by atoms with van der Waals surface area (Å²) in [5.41, 5.74) is -0.227. The molecule has 0 fully saturated rings. The average molecular weight is 573 g/mol. The Bertz CT molecular complexity index is 1430. The predicted octanol–water partition coefficient (Wildman–Crippen LogP) is 7.30. The molecule has 6 nitrogen and oxygen atoms in total. The fraction of sp³-hybridized carbons (Fsp3) is 0.226. The molecule has 0 atom stereocenters. The van der Waals surface area contributed by atoms with Crippen molar-refractivity contribution in [1.29, 1.82) is 0 Å². The molecule has 10 heteroatoms. The quantitative estimate of drug-likeness (QED) is 0.149. The first-order valence-corrected chi connectivity index (χ1v) is 12.3. The van der Waals surface area contributed by atoms with Gasteiger partial charge >= 0.3 is 12.2 Å². The van der Waals surface area contributed by atoms with Crippen LogP contribution in [0, 0.1) is 6.92 Å². The van der Waals surface area contributed by atoms with Gasteiger partial charge in [0, 0.05) is 0 Å². The summed E-state index contributed by atoms with van der Waals surface area (Å²) in [6.07, 6.45) is -7.52. The van der Waals surface area contributed by atoms with Crippen LogP contribution in [-0.2, 0) is 21.8 Å². The molecule has 0 heterocycles. The Balaban J connectivity index is 1.64. The van der Waals surface area contributed by atoms with E-state index in [0.717, 1.165) is 42.5 Å². The van der Waals surface area contributed by atoms with Gasteiger partial charge < -0.3 is 18.9 Å². The van der Waals surface area contributed by atoms with Crippen LogP contribution in [-0.4, -0.2) is 24.8 Å². The molecule has 0 spiro atoms. The van der Waals surface area contributed by atoms with E-state index < -0.39 is 23.3 Å². The summed E-state index contributed by atoms with van der Waals surface area (Å²) in [4.78, 5) is 23.2. The Morgan fingerprint density at radius 3 is 1.44 bits per heavy atom. The molecule has 41 heavy (non-hydrogen) atoms. The molecule has 0 unspecified atom stereocenters. The lowest BCUT2D eigenvalue weighted by atomic mass is 10.1. The fourth-order valence-corrected chi connectivity index (χ4v) is 3.24. The highest BCUT2D eigenvalue weighted by atomic mass is 19.3. The third kappa shape index (κ3) is 8.44. The van der Waals surface area contributed by atoms with Gasteiger partial charge in [0.1, 0.15) is 23.0 Å². The van der Waals surface area contributed by atoms with Gasteiger partial charge in [0.2, 0.25) is 0 Å². The Labute approximate surface area is 234 Å². The zero-order valence-electron chi connectivity index (χ0n) is 22.6. The van der Waals surface area contributed by atoms with Gasteiger partial charge in [-0.05, 0) is 104 Å². The number of hydrogen-bond donors (Lipinski definition) is 0. The fourth-order valence-electron chi connectivity index (χ4n) is 3.24. The number of alkyl halides is 4. The standard InChI is InChI=1S/C31H28F4O6/c1-19(2)27(36)17-38-24-10-6-22(7-11-24)30(32,33)40-26-14-15-29(21(5)16-26)41-31(34,35)23-8-12-25(13-9-23)39-18-28(37)20(3)4/h6-16H,1,3,17-18H2,2,4-5H3. The van der Waals surface area contributed by atoms with E-state index in [1.165, 1.54) is 45.0 Å². The normalized spacial score (nSPS) is 11.4. The number of carbonyl (C=O) groups excluding carboxylic acids is 2. The number of Topliss-reactive ketones (excluding diaryl/α,β-unsaturated/α-hetero) is 2. The number of aryl methyl sites for hydroxylation is 1. The molecular formula is C31H28F4O6. The monoisotopic (exact) mass is 572 g/mol. The summed E-state index contributed by atoms with van der Waals surface area (Å²) in [6.45, 7) is 10.9. The molecule has 0 aliphatic rings. The molecule has 216 valence electrons. The van der Waals surface area contributed by atoms with E-state index in [0.29, 0.717) is 11.1 Å². The van der Waals surface area contributed by atoms with Gasteiger partial charge in [-0.2, -0.15) is 17.6 Å². The Hall–Kier alpha value is -4.60. The van der Waals surface area contributed by atoms with Crippen molar-refractivity contribution < 1.29 is 46.1 Å². The van der Waals surface area contributed by atoms with E-state index in [9.17, 15) is 27.2 Å². The van der Waals surface area contributed by atoms with Crippen molar-refractivity contribution in [2.24, 2.45) is 0 Å². The van der Waals surface area contributed by atoms with E-state index in [-0.39, 0.29) is 53.3 Å². The van der Waals surface area contributed by atoms with Gasteiger partial charge in [-0.1, -0.05) is 13.2 Å². The number of ether oxygens (including phenoxy) is 4. The van der Waals surface area contributed by atoms with E-state index in [4.69, 9.17) is 18.9 Å². The summed E-state index contributed by atoms with van der Waals surface area (Å²) < 4.78 is 79.5. The van der Waals surface area contributed by atoms with Crippen LogP contribution < -0.4 is 18.9 Å². The highest BCUT2D eigenvalue weighted by Gasteiger charge is 2.36. The van der Waals surface area contributed by atoms with Crippen LogP contribution in [0.25, 0.3) is 0 Å². The number of rotatable bonds is 14. The summed E-state index contributed by atoms with van der Waals surface area (Å²) >= 11 is 0. The Morgan fingerprint density at radius 1 is 0.659 bits per heavy atom. The van der Waals surface area contributed by atoms with Crippen LogP contribution in [0.2, 0.25) is 0 Å². The van der Waals surface area contributed by atoms with Gasteiger partial charge in [-0.15, -0.1) is 0 Å². The summed E-state index contributed by atoms with van der Waals surface area (Å²) in [7, 11) is 0. The van der Waals surface area contributed by atoms with E-state index in [1.807, 2.05) is 0 Å². The van der Waals surface area contributed by atoms with Crippen LogP contribution >= 0.6 is 0 Å². The number of halogens is 4. The van der Waals surface area contributed by atoms with Crippen LogP contribution in [0.3, 0.4) is 0 Å². The van der Waals surface area contributed by atoms with Crippen LogP contribution in [0.15, 0.2) is 91.0 Å². The lowest BCUT2D eigenvalue weighted by molar-refractivity contribution is -0.188. The first-order chi connectivity index (χ1) is 19.2. The predicted molar refractivity (Wildman–Crippen MR) is 144 cm³/mol. The SMILES string of the molecule is C=C(C)C(=O)COc1ccc(C(F)(F)Oc2ccc(OC(F)(F)c3ccc(OCC(=O)C(=C)C)cc3)c(C)c2)cc1. The van der Waals surface area contributed by atoms with E-state index in [2.05, 4.69) is 13.2 Å². The summed E-state index contributed by atoms with van der Waals surface area (Å²) in [5.74, 6) is -0.750. The van der Waals surface area contributed by atoms with Crippen molar-refractivity contribution in [3.8, 4) is 23.0 Å². The molecule has 0 saturated carbocycles. The second-order valence-electron chi connectivity index (χ2n) is 9.20. The average Bonchev–Trinajstić information content (AvgIpc) is 2.92. The van der Waals surface area contributed by atoms with Crippen molar-refractivity contribution in [2.45, 2.75) is 33.0 Å². The minimum Gasteiger partial charge on any atom is -0.485 e. The molecular weight excluding hydrogens is 544 g/mol. The highest BCUT2D eigenvalue weighted by molar-refractivity contribution is 5.95. The largest absolute Gasteiger partial charge is 0.485 e. The first-order valence-electron chi connectivity index (χ1n) is 12.3. The zero-order chi connectivity index (χ0) is 30.4. The lowest BCUT2D eigenvalue weighted by Gasteiger charge is -2.22. The lowest BCUT2D eigenvalue weighted by Crippen LogP contribution is -2.23. The van der Waals surface area contributed by atoms with E-state index in [1.54, 1.807) is 0 Å². The molecule has 0 bridgehead atoms. The van der Waals surface area contributed by atoms with Gasteiger partial charge in [0.15, 0.2) is 24.8 Å². The van der Waals surface area contributed by atoms with Crippen LogP contribution in [0.1, 0.15) is 30.5 Å². The summed E-state index contributed by atoms with van der Waals surface area (Å²) in [5, 5.41) is 0. The number of benzene rings is 3. The maximum absolute atomic E-state index is 14.8. The van der Waals surface area contributed by atoms with Gasteiger partial charge in [0.05, 0.1) is 11.1 Å². The van der Waals surface area contributed by atoms with Gasteiger partial charge in [-0.25, -0.2) is 0 Å². The topological polar surface area (TPSA) is 71.1 Å². The Morgan fingerprint density at radius 2 is 1.05 bits per heavy atom. The van der Waals surface area contributed by atoms with Crippen molar-refractivity contribution >= 4 is 11.6 Å². The molecule has 0 radical (unpaired) electrons. The molecule has 0 aliphatic carbocycles.